The van der Waals surface area contributed by atoms with E-state index in [4.69, 9.17) is 4.74 Å². The first kappa shape index (κ1) is 10.7. The van der Waals surface area contributed by atoms with Crippen molar-refractivity contribution >= 4 is 0 Å². The summed E-state index contributed by atoms with van der Waals surface area (Å²) in [6.07, 6.45) is 0.707. The maximum atomic E-state index is 13.4. The fraction of sp³-hybridized carbons (Fsp3) is 0.143. The van der Waals surface area contributed by atoms with Crippen LogP contribution in [0, 0.1) is 11.9 Å². The van der Waals surface area contributed by atoms with Crippen LogP contribution in [-0.4, -0.2) is 7.11 Å². The van der Waals surface area contributed by atoms with E-state index < -0.39 is 0 Å². The molecule has 0 aliphatic rings. The molecule has 0 saturated heterocycles. The summed E-state index contributed by atoms with van der Waals surface area (Å²) in [6.45, 7) is 0. The molecular weight excluding hydrogens is 203 g/mol. The summed E-state index contributed by atoms with van der Waals surface area (Å²) in [4.78, 5) is 0. The van der Waals surface area contributed by atoms with Crippen molar-refractivity contribution in [1.82, 2.24) is 0 Å². The maximum absolute atomic E-state index is 13.4. The van der Waals surface area contributed by atoms with Gasteiger partial charge in [-0.2, -0.15) is 0 Å². The van der Waals surface area contributed by atoms with Crippen molar-refractivity contribution in [3.63, 3.8) is 0 Å². The highest BCUT2D eigenvalue weighted by Gasteiger charge is 2.03. The standard InChI is InChI=1S/C14H12FO/c1-16-14-8-7-12(10-13(14)15)9-11-5-3-2-4-6-11/h2-3,5-8,10H,9H2,1H3. The Morgan fingerprint density at radius 2 is 2.12 bits per heavy atom. The van der Waals surface area contributed by atoms with Gasteiger partial charge in [-0.1, -0.05) is 30.3 Å². The van der Waals surface area contributed by atoms with Gasteiger partial charge in [0.1, 0.15) is 0 Å². The van der Waals surface area contributed by atoms with Gasteiger partial charge in [0.05, 0.1) is 7.11 Å². The largest absolute Gasteiger partial charge is 0.494 e. The lowest BCUT2D eigenvalue weighted by Crippen LogP contribution is -1.92. The van der Waals surface area contributed by atoms with Gasteiger partial charge in [-0.05, 0) is 35.7 Å². The van der Waals surface area contributed by atoms with E-state index in [1.54, 1.807) is 6.07 Å². The van der Waals surface area contributed by atoms with E-state index in [0.717, 1.165) is 11.1 Å². The summed E-state index contributed by atoms with van der Waals surface area (Å²) >= 11 is 0. The Bertz CT molecular complexity index is 465. The van der Waals surface area contributed by atoms with E-state index in [0.29, 0.717) is 6.42 Å². The van der Waals surface area contributed by atoms with Crippen molar-refractivity contribution in [3.8, 4) is 5.75 Å². The van der Waals surface area contributed by atoms with Gasteiger partial charge in [0.25, 0.3) is 0 Å². The molecule has 0 bridgehead atoms. The summed E-state index contributed by atoms with van der Waals surface area (Å²) < 4.78 is 18.3. The lowest BCUT2D eigenvalue weighted by atomic mass is 10.0. The molecule has 0 atom stereocenters. The molecule has 0 N–H and O–H groups in total. The van der Waals surface area contributed by atoms with Crippen molar-refractivity contribution in [3.05, 3.63) is 65.5 Å². The smallest absolute Gasteiger partial charge is 0.165 e. The summed E-state index contributed by atoms with van der Waals surface area (Å²) in [5.41, 5.74) is 2.05. The van der Waals surface area contributed by atoms with Crippen LogP contribution >= 0.6 is 0 Å². The molecule has 0 aromatic heterocycles. The summed E-state index contributed by atoms with van der Waals surface area (Å²) in [7, 11) is 1.46. The summed E-state index contributed by atoms with van der Waals surface area (Å²) in [5, 5.41) is 0. The van der Waals surface area contributed by atoms with Crippen LogP contribution < -0.4 is 4.74 Å². The Labute approximate surface area is 94.5 Å². The second kappa shape index (κ2) is 4.79. The minimum Gasteiger partial charge on any atom is -0.494 e. The highest BCUT2D eigenvalue weighted by atomic mass is 19.1. The van der Waals surface area contributed by atoms with E-state index in [1.165, 1.54) is 13.2 Å². The van der Waals surface area contributed by atoms with Crippen molar-refractivity contribution in [2.75, 3.05) is 7.11 Å². The van der Waals surface area contributed by atoms with Crippen LogP contribution in [0.1, 0.15) is 11.1 Å². The fourth-order valence-corrected chi connectivity index (χ4v) is 1.60. The number of benzene rings is 2. The van der Waals surface area contributed by atoms with E-state index >= 15 is 0 Å². The molecule has 2 heteroatoms. The average molecular weight is 215 g/mol. The van der Waals surface area contributed by atoms with Gasteiger partial charge in [-0.3, -0.25) is 0 Å². The van der Waals surface area contributed by atoms with Gasteiger partial charge in [-0.25, -0.2) is 4.39 Å². The molecule has 0 amide bonds. The number of ether oxygens (including phenoxy) is 1. The molecule has 1 radical (unpaired) electrons. The molecule has 0 fully saturated rings. The zero-order chi connectivity index (χ0) is 11.4. The normalized spacial score (nSPS) is 10.1. The molecule has 0 heterocycles. The van der Waals surface area contributed by atoms with Crippen LogP contribution in [0.3, 0.4) is 0 Å². The first-order valence-corrected chi connectivity index (χ1v) is 5.07. The molecule has 2 aromatic carbocycles. The van der Waals surface area contributed by atoms with Gasteiger partial charge in [0.2, 0.25) is 0 Å². The monoisotopic (exact) mass is 215 g/mol. The highest BCUT2D eigenvalue weighted by molar-refractivity contribution is 5.32. The van der Waals surface area contributed by atoms with Crippen molar-refractivity contribution in [1.29, 1.82) is 0 Å². The Morgan fingerprint density at radius 3 is 2.75 bits per heavy atom. The quantitative estimate of drug-likeness (QED) is 0.763. The first-order valence-electron chi connectivity index (χ1n) is 5.07. The van der Waals surface area contributed by atoms with Gasteiger partial charge in [-0.15, -0.1) is 0 Å². The predicted octanol–water partition coefficient (Wildman–Crippen LogP) is 3.23. The van der Waals surface area contributed by atoms with Crippen LogP contribution in [0.15, 0.2) is 42.5 Å². The molecule has 81 valence electrons. The molecule has 16 heavy (non-hydrogen) atoms. The van der Waals surface area contributed by atoms with Gasteiger partial charge in [0, 0.05) is 0 Å². The number of rotatable bonds is 3. The molecular formula is C14H12FO. The zero-order valence-electron chi connectivity index (χ0n) is 9.03. The highest BCUT2D eigenvalue weighted by Crippen LogP contribution is 2.19. The van der Waals surface area contributed by atoms with Gasteiger partial charge in [0.15, 0.2) is 11.6 Å². The van der Waals surface area contributed by atoms with Crippen molar-refractivity contribution in [2.45, 2.75) is 6.42 Å². The second-order valence-electron chi connectivity index (χ2n) is 3.56. The average Bonchev–Trinajstić information content (AvgIpc) is 2.31. The van der Waals surface area contributed by atoms with Crippen LogP contribution in [0.5, 0.6) is 5.75 Å². The molecule has 2 rings (SSSR count). The number of hydrogen-bond donors (Lipinski definition) is 0. The van der Waals surface area contributed by atoms with Crippen LogP contribution in [0.4, 0.5) is 4.39 Å². The lowest BCUT2D eigenvalue weighted by molar-refractivity contribution is 0.386. The van der Waals surface area contributed by atoms with E-state index in [9.17, 15) is 4.39 Å². The number of hydrogen-bond acceptors (Lipinski definition) is 1. The maximum Gasteiger partial charge on any atom is 0.165 e. The molecule has 2 aromatic rings. The van der Waals surface area contributed by atoms with Crippen molar-refractivity contribution < 1.29 is 9.13 Å². The second-order valence-corrected chi connectivity index (χ2v) is 3.56. The molecule has 0 spiro atoms. The zero-order valence-corrected chi connectivity index (χ0v) is 9.03. The molecule has 0 unspecified atom stereocenters. The minimum absolute atomic E-state index is 0.281. The fourth-order valence-electron chi connectivity index (χ4n) is 1.60. The lowest BCUT2D eigenvalue weighted by Gasteiger charge is -2.05. The van der Waals surface area contributed by atoms with Crippen molar-refractivity contribution in [2.24, 2.45) is 0 Å². The Balaban J connectivity index is 2.20. The van der Waals surface area contributed by atoms with Crippen LogP contribution in [-0.2, 0) is 6.42 Å². The van der Waals surface area contributed by atoms with Crippen LogP contribution in [0.2, 0.25) is 0 Å². The van der Waals surface area contributed by atoms with Gasteiger partial charge >= 0.3 is 0 Å². The predicted molar refractivity (Wildman–Crippen MR) is 61.0 cm³/mol. The molecule has 0 saturated carbocycles. The third kappa shape index (κ3) is 2.40. The molecule has 0 aliphatic carbocycles. The van der Waals surface area contributed by atoms with E-state index in [-0.39, 0.29) is 11.6 Å². The third-order valence-electron chi connectivity index (χ3n) is 2.40. The third-order valence-corrected chi connectivity index (χ3v) is 2.40. The number of halogens is 1. The molecule has 0 aliphatic heterocycles. The Kier molecular flexibility index (Phi) is 3.20. The summed E-state index contributed by atoms with van der Waals surface area (Å²) in [6, 6.07) is 15.7. The molecule has 1 nitrogen and oxygen atoms in total. The Morgan fingerprint density at radius 1 is 1.25 bits per heavy atom. The topological polar surface area (TPSA) is 9.23 Å². The van der Waals surface area contributed by atoms with E-state index in [2.05, 4.69) is 6.07 Å². The Hall–Kier alpha value is -1.83. The first-order chi connectivity index (χ1) is 7.79. The van der Waals surface area contributed by atoms with Gasteiger partial charge < -0.3 is 4.74 Å². The van der Waals surface area contributed by atoms with E-state index in [1.807, 2.05) is 30.3 Å². The SMILES string of the molecule is COc1ccc(Cc2c[c]ccc2)cc1F. The minimum atomic E-state index is -0.320. The van der Waals surface area contributed by atoms with Crippen LogP contribution in [0.25, 0.3) is 0 Å². The summed E-state index contributed by atoms with van der Waals surface area (Å²) in [5.74, 6) is -0.0386. The number of methoxy groups -OCH3 is 1.